The van der Waals surface area contributed by atoms with Crippen LogP contribution in [-0.4, -0.2) is 94.0 Å². The third kappa shape index (κ3) is 7.80. The molecule has 0 radical (unpaired) electrons. The number of H-pyrrole nitrogens is 2. The maximum atomic E-state index is 14.4. The summed E-state index contributed by atoms with van der Waals surface area (Å²) in [5, 5.41) is 0.820. The molecule has 0 unspecified atom stereocenters. The first-order valence-corrected chi connectivity index (χ1v) is 17.8. The smallest absolute Gasteiger partial charge is 0.336 e. The quantitative estimate of drug-likeness (QED) is 0.139. The van der Waals surface area contributed by atoms with Gasteiger partial charge in [0.05, 0.1) is 11.4 Å². The van der Waals surface area contributed by atoms with Crippen molar-refractivity contribution in [1.82, 2.24) is 29.7 Å². The molecule has 14 heteroatoms. The number of nitrogens with zero attached hydrogens (tertiary/aromatic N) is 6. The van der Waals surface area contributed by atoms with Crippen LogP contribution in [0.2, 0.25) is 0 Å². The van der Waals surface area contributed by atoms with Crippen molar-refractivity contribution in [2.75, 3.05) is 62.2 Å². The van der Waals surface area contributed by atoms with Crippen molar-refractivity contribution in [2.24, 2.45) is 0 Å². The Kier molecular flexibility index (Phi) is 10.0. The molecule has 0 aliphatic carbocycles. The molecule has 2 fully saturated rings. The standard InChI is InChI=1S/C40H38F2N8O4/c41-27-7-9-31-29(23-27)39(33(45-31)25-47-15-19-49(20-16-47)35-5-1-3-13-43-35)53-37(51)11-12-38(52)54-40-30-24-28(42)8-10-32(30)46-34(40)26-48-17-21-50(22-18-48)36-6-2-4-14-44-36/h1-14,23-24,45-46H,15-22,25-26H2/b12-11-. The first-order chi connectivity index (χ1) is 26.4. The number of esters is 2. The molecule has 2 aromatic carbocycles. The van der Waals surface area contributed by atoms with E-state index in [2.05, 4.69) is 39.5 Å². The Bertz CT molecular complexity index is 2140. The number of nitrogens with one attached hydrogen (secondary N) is 2. The van der Waals surface area contributed by atoms with E-state index < -0.39 is 23.6 Å². The van der Waals surface area contributed by atoms with Gasteiger partial charge in [0.2, 0.25) is 0 Å². The number of fused-ring (bicyclic) bond motifs is 2. The number of anilines is 2. The molecule has 12 nitrogen and oxygen atoms in total. The van der Waals surface area contributed by atoms with Crippen molar-refractivity contribution in [1.29, 1.82) is 0 Å². The van der Waals surface area contributed by atoms with Crippen LogP contribution in [0.3, 0.4) is 0 Å². The third-order valence-corrected chi connectivity index (χ3v) is 9.79. The zero-order valence-electron chi connectivity index (χ0n) is 29.4. The van der Waals surface area contributed by atoms with Gasteiger partial charge in [-0.15, -0.1) is 0 Å². The van der Waals surface area contributed by atoms with Crippen LogP contribution in [0, 0.1) is 11.6 Å². The first kappa shape index (κ1) is 34.9. The van der Waals surface area contributed by atoms with Gasteiger partial charge in [0.1, 0.15) is 23.3 Å². The molecule has 2 saturated heterocycles. The Morgan fingerprint density at radius 3 is 1.43 bits per heavy atom. The van der Waals surface area contributed by atoms with E-state index in [0.717, 1.165) is 76.1 Å². The average molecular weight is 733 g/mol. The van der Waals surface area contributed by atoms with E-state index in [1.54, 1.807) is 24.5 Å². The molecule has 0 spiro atoms. The number of rotatable bonds is 10. The molecule has 0 amide bonds. The Labute approximate surface area is 309 Å². The van der Waals surface area contributed by atoms with Gasteiger partial charge >= 0.3 is 11.9 Å². The summed E-state index contributed by atoms with van der Waals surface area (Å²) in [6, 6.07) is 20.1. The van der Waals surface area contributed by atoms with Gasteiger partial charge in [-0.25, -0.2) is 28.3 Å². The van der Waals surface area contributed by atoms with Crippen LogP contribution >= 0.6 is 0 Å². The van der Waals surface area contributed by atoms with Crippen molar-refractivity contribution >= 4 is 45.4 Å². The lowest BCUT2D eigenvalue weighted by Gasteiger charge is -2.35. The van der Waals surface area contributed by atoms with Gasteiger partial charge in [-0.3, -0.25) is 9.80 Å². The van der Waals surface area contributed by atoms with Gasteiger partial charge in [0.25, 0.3) is 0 Å². The average Bonchev–Trinajstić information content (AvgIpc) is 3.70. The molecule has 0 saturated carbocycles. The van der Waals surface area contributed by atoms with Crippen LogP contribution in [0.5, 0.6) is 11.5 Å². The Morgan fingerprint density at radius 2 is 1.04 bits per heavy atom. The van der Waals surface area contributed by atoms with E-state index in [4.69, 9.17) is 9.47 Å². The van der Waals surface area contributed by atoms with Crippen LogP contribution in [0.1, 0.15) is 11.4 Å². The lowest BCUT2D eigenvalue weighted by atomic mass is 10.2. The van der Waals surface area contributed by atoms with Gasteiger partial charge in [-0.1, -0.05) is 12.1 Å². The largest absolute Gasteiger partial charge is 0.421 e. The number of ether oxygens (including phenoxy) is 2. The number of pyridine rings is 2. The molecule has 6 aromatic rings. The van der Waals surface area contributed by atoms with Crippen molar-refractivity contribution in [3.63, 3.8) is 0 Å². The fourth-order valence-corrected chi connectivity index (χ4v) is 7.05. The molecule has 0 bridgehead atoms. The number of benzene rings is 2. The summed E-state index contributed by atoms with van der Waals surface area (Å²) in [5.74, 6) is -0.411. The zero-order chi connectivity index (χ0) is 37.0. The number of aromatic amines is 2. The summed E-state index contributed by atoms with van der Waals surface area (Å²) in [5.41, 5.74) is 2.44. The highest BCUT2D eigenvalue weighted by molar-refractivity contribution is 5.98. The molecule has 54 heavy (non-hydrogen) atoms. The third-order valence-electron chi connectivity index (χ3n) is 9.79. The topological polar surface area (TPSA) is 123 Å². The molecule has 8 rings (SSSR count). The molecular formula is C40H38F2N8O4. The van der Waals surface area contributed by atoms with Gasteiger partial charge < -0.3 is 29.2 Å². The highest BCUT2D eigenvalue weighted by Gasteiger charge is 2.25. The van der Waals surface area contributed by atoms with E-state index in [1.807, 2.05) is 36.4 Å². The SMILES string of the molecule is O=C(/C=C\C(=O)Oc1c(CN2CCN(c3ccccn3)CC2)[nH]c2ccc(F)cc12)Oc1c(CN2CCN(c3ccccn3)CC2)[nH]c2ccc(F)cc12. The van der Waals surface area contributed by atoms with E-state index in [0.29, 0.717) is 46.3 Å². The number of hydrogen-bond acceptors (Lipinski definition) is 10. The Morgan fingerprint density at radius 1 is 0.611 bits per heavy atom. The van der Waals surface area contributed by atoms with Crippen LogP contribution < -0.4 is 19.3 Å². The normalized spacial score (nSPS) is 15.7. The van der Waals surface area contributed by atoms with E-state index in [-0.39, 0.29) is 11.5 Å². The number of hydrogen-bond donors (Lipinski definition) is 2. The van der Waals surface area contributed by atoms with E-state index in [1.165, 1.54) is 24.3 Å². The van der Waals surface area contributed by atoms with Crippen molar-refractivity contribution in [3.05, 3.63) is 120 Å². The van der Waals surface area contributed by atoms with Crippen molar-refractivity contribution in [3.8, 4) is 11.5 Å². The Balaban J connectivity index is 0.942. The van der Waals surface area contributed by atoms with Gasteiger partial charge in [0, 0.05) is 112 Å². The summed E-state index contributed by atoms with van der Waals surface area (Å²) >= 11 is 0. The molecule has 4 aromatic heterocycles. The fourth-order valence-electron chi connectivity index (χ4n) is 7.05. The minimum atomic E-state index is -0.839. The van der Waals surface area contributed by atoms with Crippen molar-refractivity contribution in [2.45, 2.75) is 13.1 Å². The van der Waals surface area contributed by atoms with E-state index in [9.17, 15) is 18.4 Å². The molecule has 2 N–H and O–H groups in total. The highest BCUT2D eigenvalue weighted by Crippen LogP contribution is 2.34. The number of carbonyl (C=O) groups is 2. The van der Waals surface area contributed by atoms with Gasteiger partial charge in [-0.05, 0) is 60.7 Å². The molecule has 6 heterocycles. The minimum Gasteiger partial charge on any atom is -0.421 e. The number of piperazine rings is 2. The number of halogens is 2. The van der Waals surface area contributed by atoms with Crippen LogP contribution in [0.25, 0.3) is 21.8 Å². The maximum absolute atomic E-state index is 14.4. The molecule has 0 atom stereocenters. The summed E-state index contributed by atoms with van der Waals surface area (Å²) < 4.78 is 40.3. The molecule has 2 aliphatic rings. The monoisotopic (exact) mass is 732 g/mol. The predicted molar refractivity (Wildman–Crippen MR) is 200 cm³/mol. The van der Waals surface area contributed by atoms with Crippen LogP contribution in [0.4, 0.5) is 20.4 Å². The molecule has 276 valence electrons. The summed E-state index contributed by atoms with van der Waals surface area (Å²) in [6.45, 7) is 6.86. The molecule has 2 aliphatic heterocycles. The summed E-state index contributed by atoms with van der Waals surface area (Å²) in [6.07, 6.45) is 5.49. The second-order valence-corrected chi connectivity index (χ2v) is 13.3. The van der Waals surface area contributed by atoms with Crippen molar-refractivity contribution < 1.29 is 27.8 Å². The first-order valence-electron chi connectivity index (χ1n) is 17.8. The maximum Gasteiger partial charge on any atom is 0.336 e. The second kappa shape index (κ2) is 15.5. The zero-order valence-corrected chi connectivity index (χ0v) is 29.4. The minimum absolute atomic E-state index is 0.192. The number of aromatic nitrogens is 4. The summed E-state index contributed by atoms with van der Waals surface area (Å²) in [4.78, 5) is 50.7. The van der Waals surface area contributed by atoms with Gasteiger partial charge in [0.15, 0.2) is 11.5 Å². The highest BCUT2D eigenvalue weighted by atomic mass is 19.1. The second-order valence-electron chi connectivity index (χ2n) is 13.3. The molecular weight excluding hydrogens is 694 g/mol. The van der Waals surface area contributed by atoms with Crippen LogP contribution in [0.15, 0.2) is 97.3 Å². The van der Waals surface area contributed by atoms with Gasteiger partial charge in [-0.2, -0.15) is 0 Å². The Hall–Kier alpha value is -6.12. The lowest BCUT2D eigenvalue weighted by molar-refractivity contribution is -0.131. The predicted octanol–water partition coefficient (Wildman–Crippen LogP) is 5.43. The summed E-state index contributed by atoms with van der Waals surface area (Å²) in [7, 11) is 0. The van der Waals surface area contributed by atoms with Crippen LogP contribution in [-0.2, 0) is 22.7 Å². The fraction of sp³-hybridized carbons (Fsp3) is 0.250. The van der Waals surface area contributed by atoms with E-state index >= 15 is 0 Å². The lowest BCUT2D eigenvalue weighted by Crippen LogP contribution is -2.46. The number of carbonyl (C=O) groups excluding carboxylic acids is 2.